The first-order chi connectivity index (χ1) is 7.95. The second-order valence-electron chi connectivity index (χ2n) is 4.12. The number of hydrogen-bond donors (Lipinski definition) is 1. The van der Waals surface area contributed by atoms with E-state index in [0.717, 1.165) is 12.0 Å². The van der Waals surface area contributed by atoms with Crippen LogP contribution in [0, 0.1) is 12.8 Å². The third kappa shape index (κ3) is 3.31. The summed E-state index contributed by atoms with van der Waals surface area (Å²) in [5, 5.41) is 13.4. The van der Waals surface area contributed by atoms with E-state index < -0.39 is 5.97 Å². The van der Waals surface area contributed by atoms with Crippen LogP contribution in [-0.2, 0) is 4.79 Å². The molecular weight excluding hydrogens is 218 g/mol. The first-order valence-corrected chi connectivity index (χ1v) is 5.58. The van der Waals surface area contributed by atoms with Crippen LogP contribution in [0.1, 0.15) is 36.2 Å². The highest BCUT2D eigenvalue weighted by Gasteiger charge is 2.12. The SMILES string of the molecule is CC[C@H](C)C(=O)Nc1cc(C(=O)[O-])ccc1C. The fourth-order valence-corrected chi connectivity index (χ4v) is 1.32. The summed E-state index contributed by atoms with van der Waals surface area (Å²) in [6.45, 7) is 5.56. The van der Waals surface area contributed by atoms with Crippen molar-refractivity contribution in [2.75, 3.05) is 5.32 Å². The van der Waals surface area contributed by atoms with E-state index in [9.17, 15) is 14.7 Å². The molecule has 0 radical (unpaired) electrons. The Morgan fingerprint density at radius 1 is 1.41 bits per heavy atom. The van der Waals surface area contributed by atoms with E-state index in [2.05, 4.69) is 5.32 Å². The highest BCUT2D eigenvalue weighted by molar-refractivity contribution is 5.95. The Morgan fingerprint density at radius 3 is 2.59 bits per heavy atom. The number of carboxylic acids is 1. The summed E-state index contributed by atoms with van der Waals surface area (Å²) < 4.78 is 0. The van der Waals surface area contributed by atoms with Crippen molar-refractivity contribution in [1.82, 2.24) is 0 Å². The second-order valence-corrected chi connectivity index (χ2v) is 4.12. The summed E-state index contributed by atoms with van der Waals surface area (Å²) in [7, 11) is 0. The topological polar surface area (TPSA) is 69.2 Å². The first-order valence-electron chi connectivity index (χ1n) is 5.58. The molecule has 0 aliphatic rings. The molecule has 0 aliphatic carbocycles. The van der Waals surface area contributed by atoms with Gasteiger partial charge in [0.25, 0.3) is 0 Å². The van der Waals surface area contributed by atoms with Gasteiger partial charge in [0.1, 0.15) is 0 Å². The minimum Gasteiger partial charge on any atom is -0.545 e. The average molecular weight is 234 g/mol. The molecule has 1 atom stereocenters. The van der Waals surface area contributed by atoms with Crippen molar-refractivity contribution in [1.29, 1.82) is 0 Å². The lowest BCUT2D eigenvalue weighted by Crippen LogP contribution is -2.23. The molecule has 0 saturated carbocycles. The lowest BCUT2D eigenvalue weighted by molar-refractivity contribution is -0.255. The highest BCUT2D eigenvalue weighted by atomic mass is 16.4. The zero-order chi connectivity index (χ0) is 13.0. The van der Waals surface area contributed by atoms with Crippen LogP contribution in [0.4, 0.5) is 5.69 Å². The van der Waals surface area contributed by atoms with Gasteiger partial charge in [-0.05, 0) is 30.5 Å². The lowest BCUT2D eigenvalue weighted by Gasteiger charge is -2.13. The molecule has 0 fully saturated rings. The summed E-state index contributed by atoms with van der Waals surface area (Å²) in [4.78, 5) is 22.4. The number of benzene rings is 1. The Morgan fingerprint density at radius 2 is 2.06 bits per heavy atom. The fourth-order valence-electron chi connectivity index (χ4n) is 1.32. The third-order valence-electron chi connectivity index (χ3n) is 2.79. The van der Waals surface area contributed by atoms with Crippen molar-refractivity contribution in [3.63, 3.8) is 0 Å². The van der Waals surface area contributed by atoms with Crippen molar-refractivity contribution in [2.45, 2.75) is 27.2 Å². The summed E-state index contributed by atoms with van der Waals surface area (Å²) in [6.07, 6.45) is 0.741. The van der Waals surface area contributed by atoms with Gasteiger partial charge in [0.2, 0.25) is 5.91 Å². The molecule has 92 valence electrons. The second kappa shape index (κ2) is 5.48. The van der Waals surface area contributed by atoms with Gasteiger partial charge in [-0.2, -0.15) is 0 Å². The zero-order valence-electron chi connectivity index (χ0n) is 10.2. The number of amides is 1. The molecule has 4 heteroatoms. The predicted molar refractivity (Wildman–Crippen MR) is 63.6 cm³/mol. The van der Waals surface area contributed by atoms with Crippen LogP contribution >= 0.6 is 0 Å². The standard InChI is InChI=1S/C13H17NO3/c1-4-8(2)12(15)14-11-7-10(13(16)17)6-5-9(11)3/h5-8H,4H2,1-3H3,(H,14,15)(H,16,17)/p-1/t8-/m0/s1. The average Bonchev–Trinajstić information content (AvgIpc) is 2.30. The maximum absolute atomic E-state index is 11.7. The summed E-state index contributed by atoms with van der Waals surface area (Å²) in [6, 6.07) is 4.53. The molecule has 1 amide bonds. The van der Waals surface area contributed by atoms with E-state index >= 15 is 0 Å². The normalized spacial score (nSPS) is 11.9. The van der Waals surface area contributed by atoms with Gasteiger partial charge in [-0.3, -0.25) is 4.79 Å². The van der Waals surface area contributed by atoms with Gasteiger partial charge in [0.05, 0.1) is 5.97 Å². The quantitative estimate of drug-likeness (QED) is 0.854. The molecular formula is C13H16NO3-. The number of rotatable bonds is 4. The Bertz CT molecular complexity index is 440. The first kappa shape index (κ1) is 13.2. The Balaban J connectivity index is 2.94. The molecule has 4 nitrogen and oxygen atoms in total. The van der Waals surface area contributed by atoms with Crippen molar-refractivity contribution in [2.24, 2.45) is 5.92 Å². The summed E-state index contributed by atoms with van der Waals surface area (Å²) in [5.41, 5.74) is 1.42. The molecule has 0 aromatic heterocycles. The monoisotopic (exact) mass is 234 g/mol. The number of carbonyl (C=O) groups excluding carboxylic acids is 2. The smallest absolute Gasteiger partial charge is 0.227 e. The van der Waals surface area contributed by atoms with E-state index in [1.165, 1.54) is 12.1 Å². The number of nitrogens with one attached hydrogen (secondary N) is 1. The molecule has 0 bridgehead atoms. The lowest BCUT2D eigenvalue weighted by atomic mass is 10.1. The number of carboxylic acid groups (broad SMARTS) is 1. The van der Waals surface area contributed by atoms with Gasteiger partial charge in [-0.15, -0.1) is 0 Å². The van der Waals surface area contributed by atoms with Crippen LogP contribution < -0.4 is 10.4 Å². The molecule has 1 rings (SSSR count). The van der Waals surface area contributed by atoms with Gasteiger partial charge in [-0.1, -0.05) is 26.0 Å². The molecule has 0 aliphatic heterocycles. The molecule has 0 saturated heterocycles. The molecule has 1 aromatic rings. The van der Waals surface area contributed by atoms with Crippen LogP contribution in [0.2, 0.25) is 0 Å². The maximum Gasteiger partial charge on any atom is 0.227 e. The van der Waals surface area contributed by atoms with Crippen molar-refractivity contribution in [3.05, 3.63) is 29.3 Å². The molecule has 0 unspecified atom stereocenters. The van der Waals surface area contributed by atoms with Crippen LogP contribution in [0.25, 0.3) is 0 Å². The molecule has 0 heterocycles. The fraction of sp³-hybridized carbons (Fsp3) is 0.385. The van der Waals surface area contributed by atoms with Gasteiger partial charge < -0.3 is 15.2 Å². The van der Waals surface area contributed by atoms with E-state index in [-0.39, 0.29) is 17.4 Å². The van der Waals surface area contributed by atoms with Gasteiger partial charge >= 0.3 is 0 Å². The summed E-state index contributed by atoms with van der Waals surface area (Å²) >= 11 is 0. The van der Waals surface area contributed by atoms with Gasteiger partial charge in [0, 0.05) is 11.6 Å². The number of aryl methyl sites for hydroxylation is 1. The minimum absolute atomic E-state index is 0.0649. The van der Waals surface area contributed by atoms with E-state index in [4.69, 9.17) is 0 Å². The van der Waals surface area contributed by atoms with Crippen molar-refractivity contribution in [3.8, 4) is 0 Å². The van der Waals surface area contributed by atoms with E-state index in [0.29, 0.717) is 5.69 Å². The van der Waals surface area contributed by atoms with Crippen LogP contribution in [0.3, 0.4) is 0 Å². The Labute approximate surface area is 101 Å². The molecule has 1 N–H and O–H groups in total. The zero-order valence-corrected chi connectivity index (χ0v) is 10.2. The molecule has 17 heavy (non-hydrogen) atoms. The van der Waals surface area contributed by atoms with Crippen molar-refractivity contribution >= 4 is 17.6 Å². The maximum atomic E-state index is 11.7. The summed E-state index contributed by atoms with van der Waals surface area (Å²) in [5.74, 6) is -1.45. The number of anilines is 1. The predicted octanol–water partition coefficient (Wildman–Crippen LogP) is 1.34. The number of carbonyl (C=O) groups is 2. The van der Waals surface area contributed by atoms with Gasteiger partial charge in [-0.25, -0.2) is 0 Å². The Kier molecular flexibility index (Phi) is 4.26. The van der Waals surface area contributed by atoms with Crippen LogP contribution in [0.15, 0.2) is 18.2 Å². The van der Waals surface area contributed by atoms with Crippen LogP contribution in [-0.4, -0.2) is 11.9 Å². The third-order valence-corrected chi connectivity index (χ3v) is 2.79. The molecule has 1 aromatic carbocycles. The number of aromatic carboxylic acids is 1. The van der Waals surface area contributed by atoms with Crippen LogP contribution in [0.5, 0.6) is 0 Å². The number of hydrogen-bond acceptors (Lipinski definition) is 3. The largest absolute Gasteiger partial charge is 0.545 e. The van der Waals surface area contributed by atoms with Gasteiger partial charge in [0.15, 0.2) is 0 Å². The van der Waals surface area contributed by atoms with Crippen molar-refractivity contribution < 1.29 is 14.7 Å². The highest BCUT2D eigenvalue weighted by Crippen LogP contribution is 2.18. The Hall–Kier alpha value is -1.84. The van der Waals surface area contributed by atoms with E-state index in [1.807, 2.05) is 20.8 Å². The minimum atomic E-state index is -1.25. The molecule has 0 spiro atoms. The van der Waals surface area contributed by atoms with E-state index in [1.54, 1.807) is 6.07 Å².